The van der Waals surface area contributed by atoms with Gasteiger partial charge in [-0.15, -0.1) is 0 Å². The number of hydrogen-bond donors (Lipinski definition) is 2. The third kappa shape index (κ3) is 5.13. The molecular weight excluding hydrogens is 411 g/mol. The minimum absolute atomic E-state index is 0.144. The Balaban J connectivity index is 1.80. The number of carbonyl (C=O) groups is 1. The molecule has 0 aromatic heterocycles. The van der Waals surface area contributed by atoms with Crippen LogP contribution in [0.3, 0.4) is 0 Å². The normalized spacial score (nSPS) is 10.3. The summed E-state index contributed by atoms with van der Waals surface area (Å²) in [4.78, 5) is 12.7. The molecule has 0 saturated heterocycles. The Hall–Kier alpha value is -2.89. The number of ether oxygens (including phenoxy) is 2. The average Bonchev–Trinajstić information content (AvgIpc) is 2.72. The third-order valence-corrected chi connectivity index (χ3v) is 4.90. The second-order valence-corrected chi connectivity index (χ2v) is 6.98. The van der Waals surface area contributed by atoms with Gasteiger partial charge in [-0.2, -0.15) is 0 Å². The van der Waals surface area contributed by atoms with E-state index in [2.05, 4.69) is 10.6 Å². The molecule has 0 radical (unpaired) electrons. The zero-order valence-electron chi connectivity index (χ0n) is 16.0. The number of halogens is 2. The topological polar surface area (TPSA) is 59.6 Å². The molecule has 0 unspecified atom stereocenters. The van der Waals surface area contributed by atoms with E-state index in [-0.39, 0.29) is 12.3 Å². The van der Waals surface area contributed by atoms with Gasteiger partial charge in [0.15, 0.2) is 0 Å². The summed E-state index contributed by atoms with van der Waals surface area (Å²) in [5.41, 5.74) is 2.67. The second-order valence-electron chi connectivity index (χ2n) is 6.17. The van der Waals surface area contributed by atoms with E-state index in [1.165, 1.54) is 0 Å². The smallest absolute Gasteiger partial charge is 0.228 e. The van der Waals surface area contributed by atoms with Crippen LogP contribution in [-0.2, 0) is 11.2 Å². The standard InChI is InChI=1S/C22H20Cl2N2O3/c1-28-15-10-11-20(29-2)19(13-15)25-21(27)12-14-6-3-4-9-18(14)26-22-16(23)7-5-8-17(22)24/h3-11,13,26H,12H2,1-2H3,(H,25,27). The van der Waals surface area contributed by atoms with Gasteiger partial charge < -0.3 is 20.1 Å². The Morgan fingerprint density at radius 3 is 2.31 bits per heavy atom. The van der Waals surface area contributed by atoms with Crippen LogP contribution in [0.25, 0.3) is 0 Å². The predicted octanol–water partition coefficient (Wildman–Crippen LogP) is 5.94. The number of carbonyl (C=O) groups excluding carboxylic acids is 1. The predicted molar refractivity (Wildman–Crippen MR) is 118 cm³/mol. The molecule has 3 aromatic rings. The number of rotatable bonds is 7. The summed E-state index contributed by atoms with van der Waals surface area (Å²) in [5, 5.41) is 7.10. The number of methoxy groups -OCH3 is 2. The van der Waals surface area contributed by atoms with Crippen molar-refractivity contribution in [2.24, 2.45) is 0 Å². The van der Waals surface area contributed by atoms with E-state index in [9.17, 15) is 4.79 Å². The fourth-order valence-corrected chi connectivity index (χ4v) is 3.32. The number of hydrogen-bond acceptors (Lipinski definition) is 4. The van der Waals surface area contributed by atoms with Crippen LogP contribution in [0.2, 0.25) is 10.0 Å². The van der Waals surface area contributed by atoms with E-state index in [0.29, 0.717) is 32.9 Å². The molecule has 0 bridgehead atoms. The first-order valence-electron chi connectivity index (χ1n) is 8.82. The second kappa shape index (κ2) is 9.54. The van der Waals surface area contributed by atoms with Crippen LogP contribution in [-0.4, -0.2) is 20.1 Å². The fraction of sp³-hybridized carbons (Fsp3) is 0.136. The molecule has 0 saturated carbocycles. The highest BCUT2D eigenvalue weighted by Gasteiger charge is 2.13. The van der Waals surface area contributed by atoms with Crippen molar-refractivity contribution in [2.45, 2.75) is 6.42 Å². The van der Waals surface area contributed by atoms with Crippen molar-refractivity contribution < 1.29 is 14.3 Å². The first-order valence-corrected chi connectivity index (χ1v) is 9.58. The molecule has 0 fully saturated rings. The number of benzene rings is 3. The Morgan fingerprint density at radius 1 is 0.897 bits per heavy atom. The Bertz CT molecular complexity index is 1000. The van der Waals surface area contributed by atoms with E-state index < -0.39 is 0 Å². The molecule has 0 aliphatic rings. The van der Waals surface area contributed by atoms with Gasteiger partial charge in [-0.3, -0.25) is 4.79 Å². The highest BCUT2D eigenvalue weighted by Crippen LogP contribution is 2.34. The molecule has 29 heavy (non-hydrogen) atoms. The lowest BCUT2D eigenvalue weighted by Gasteiger charge is -2.15. The van der Waals surface area contributed by atoms with Crippen LogP contribution in [0.5, 0.6) is 11.5 Å². The van der Waals surface area contributed by atoms with Crippen molar-refractivity contribution in [3.63, 3.8) is 0 Å². The Kier molecular flexibility index (Phi) is 6.86. The van der Waals surface area contributed by atoms with Crippen LogP contribution in [0.1, 0.15) is 5.56 Å². The monoisotopic (exact) mass is 430 g/mol. The van der Waals surface area contributed by atoms with Gasteiger partial charge in [-0.05, 0) is 35.9 Å². The summed E-state index contributed by atoms with van der Waals surface area (Å²) in [6.07, 6.45) is 0.144. The summed E-state index contributed by atoms with van der Waals surface area (Å²) in [6, 6.07) is 18.0. The highest BCUT2D eigenvalue weighted by molar-refractivity contribution is 6.39. The van der Waals surface area contributed by atoms with Gasteiger partial charge in [-0.25, -0.2) is 0 Å². The van der Waals surface area contributed by atoms with Gasteiger partial charge in [-0.1, -0.05) is 47.5 Å². The Morgan fingerprint density at radius 2 is 1.62 bits per heavy atom. The van der Waals surface area contributed by atoms with E-state index in [0.717, 1.165) is 11.3 Å². The highest BCUT2D eigenvalue weighted by atomic mass is 35.5. The summed E-state index contributed by atoms with van der Waals surface area (Å²) in [5.74, 6) is 0.973. The minimum atomic E-state index is -0.198. The van der Waals surface area contributed by atoms with Gasteiger partial charge in [0.05, 0.1) is 42.1 Å². The molecule has 0 aliphatic heterocycles. The van der Waals surface area contributed by atoms with Crippen LogP contribution in [0.15, 0.2) is 60.7 Å². The molecule has 150 valence electrons. The molecule has 0 spiro atoms. The van der Waals surface area contributed by atoms with E-state index in [4.69, 9.17) is 32.7 Å². The lowest BCUT2D eigenvalue weighted by Crippen LogP contribution is -2.16. The largest absolute Gasteiger partial charge is 0.497 e. The molecule has 5 nitrogen and oxygen atoms in total. The zero-order chi connectivity index (χ0) is 20.8. The number of anilines is 3. The quantitative estimate of drug-likeness (QED) is 0.487. The molecule has 1 amide bonds. The molecule has 0 aliphatic carbocycles. The zero-order valence-corrected chi connectivity index (χ0v) is 17.5. The van der Waals surface area contributed by atoms with Gasteiger partial charge in [0.2, 0.25) is 5.91 Å². The van der Waals surface area contributed by atoms with Gasteiger partial charge in [0.25, 0.3) is 0 Å². The number of para-hydroxylation sites is 2. The molecule has 7 heteroatoms. The number of nitrogens with one attached hydrogen (secondary N) is 2. The van der Waals surface area contributed by atoms with Crippen molar-refractivity contribution in [2.75, 3.05) is 24.9 Å². The fourth-order valence-electron chi connectivity index (χ4n) is 2.83. The van der Waals surface area contributed by atoms with Gasteiger partial charge in [0.1, 0.15) is 11.5 Å². The van der Waals surface area contributed by atoms with E-state index in [1.54, 1.807) is 50.6 Å². The molecular formula is C22H20Cl2N2O3. The van der Waals surface area contributed by atoms with Crippen molar-refractivity contribution in [1.29, 1.82) is 0 Å². The Labute approximate surface area is 179 Å². The molecule has 2 N–H and O–H groups in total. The maximum atomic E-state index is 12.7. The SMILES string of the molecule is COc1ccc(OC)c(NC(=O)Cc2ccccc2Nc2c(Cl)cccc2Cl)c1. The van der Waals surface area contributed by atoms with Gasteiger partial charge in [0, 0.05) is 11.8 Å². The lowest BCUT2D eigenvalue weighted by atomic mass is 10.1. The molecule has 3 rings (SSSR count). The minimum Gasteiger partial charge on any atom is -0.497 e. The molecule has 0 atom stereocenters. The average molecular weight is 431 g/mol. The van der Waals surface area contributed by atoms with Crippen molar-refractivity contribution in [3.8, 4) is 11.5 Å². The maximum Gasteiger partial charge on any atom is 0.228 e. The summed E-state index contributed by atoms with van der Waals surface area (Å²) >= 11 is 12.5. The van der Waals surface area contributed by atoms with Crippen LogP contribution in [0.4, 0.5) is 17.1 Å². The maximum absolute atomic E-state index is 12.7. The first kappa shape index (κ1) is 20.8. The van der Waals surface area contributed by atoms with Gasteiger partial charge >= 0.3 is 0 Å². The van der Waals surface area contributed by atoms with Crippen LogP contribution < -0.4 is 20.1 Å². The third-order valence-electron chi connectivity index (χ3n) is 4.27. The van der Waals surface area contributed by atoms with Crippen molar-refractivity contribution in [3.05, 3.63) is 76.3 Å². The molecule has 0 heterocycles. The number of amides is 1. The van der Waals surface area contributed by atoms with E-state index >= 15 is 0 Å². The summed E-state index contributed by atoms with van der Waals surface area (Å²) in [7, 11) is 3.11. The van der Waals surface area contributed by atoms with Crippen LogP contribution >= 0.6 is 23.2 Å². The van der Waals surface area contributed by atoms with Crippen molar-refractivity contribution >= 4 is 46.2 Å². The van der Waals surface area contributed by atoms with E-state index in [1.807, 2.05) is 24.3 Å². The van der Waals surface area contributed by atoms with Crippen LogP contribution in [0, 0.1) is 0 Å². The van der Waals surface area contributed by atoms with Crippen molar-refractivity contribution in [1.82, 2.24) is 0 Å². The molecule has 3 aromatic carbocycles. The summed E-state index contributed by atoms with van der Waals surface area (Å²) in [6.45, 7) is 0. The lowest BCUT2D eigenvalue weighted by molar-refractivity contribution is -0.115. The summed E-state index contributed by atoms with van der Waals surface area (Å²) < 4.78 is 10.5. The first-order chi connectivity index (χ1) is 14.0.